The molecule has 130 valence electrons. The highest BCUT2D eigenvalue weighted by molar-refractivity contribution is 5.80. The van der Waals surface area contributed by atoms with Gasteiger partial charge in [-0.1, -0.05) is 19.4 Å². The first-order valence-electron chi connectivity index (χ1n) is 9.16. The van der Waals surface area contributed by atoms with Crippen molar-refractivity contribution < 1.29 is 9.59 Å². The fourth-order valence-electron chi connectivity index (χ4n) is 3.62. The molecule has 0 bridgehead atoms. The Labute approximate surface area is 144 Å². The first-order chi connectivity index (χ1) is 11.7. The Bertz CT molecular complexity index is 571. The molecular weight excluding hydrogens is 302 g/mol. The molecule has 5 nitrogen and oxygen atoms in total. The number of rotatable bonds is 5. The van der Waals surface area contributed by atoms with Crippen molar-refractivity contribution in [3.05, 3.63) is 30.1 Å². The van der Waals surface area contributed by atoms with Crippen molar-refractivity contribution in [2.24, 2.45) is 5.92 Å². The van der Waals surface area contributed by atoms with E-state index in [2.05, 4.69) is 4.98 Å². The molecule has 0 aromatic carbocycles. The smallest absolute Gasteiger partial charge is 0.226 e. The van der Waals surface area contributed by atoms with Crippen LogP contribution in [-0.2, 0) is 16.1 Å². The Balaban J connectivity index is 1.75. The predicted octanol–water partition coefficient (Wildman–Crippen LogP) is 2.61. The average Bonchev–Trinajstić information content (AvgIpc) is 2.58. The fraction of sp³-hybridized carbons (Fsp3) is 0.632. The molecule has 2 fully saturated rings. The summed E-state index contributed by atoms with van der Waals surface area (Å²) in [5.41, 5.74) is 1.06. The fourth-order valence-corrected chi connectivity index (χ4v) is 3.62. The van der Waals surface area contributed by atoms with Crippen molar-refractivity contribution in [1.82, 2.24) is 14.8 Å². The van der Waals surface area contributed by atoms with Gasteiger partial charge in [0.1, 0.15) is 0 Å². The van der Waals surface area contributed by atoms with E-state index < -0.39 is 0 Å². The normalized spacial score (nSPS) is 21.2. The third kappa shape index (κ3) is 3.77. The summed E-state index contributed by atoms with van der Waals surface area (Å²) in [6.07, 6.45) is 9.24. The molecule has 2 amide bonds. The molecule has 2 aliphatic rings. The summed E-state index contributed by atoms with van der Waals surface area (Å²) in [4.78, 5) is 33.2. The lowest BCUT2D eigenvalue weighted by Crippen LogP contribution is -2.53. The van der Waals surface area contributed by atoms with Crippen LogP contribution in [0.2, 0.25) is 0 Å². The van der Waals surface area contributed by atoms with E-state index in [0.717, 1.165) is 44.2 Å². The summed E-state index contributed by atoms with van der Waals surface area (Å²) in [6.45, 7) is 3.99. The zero-order valence-corrected chi connectivity index (χ0v) is 14.5. The van der Waals surface area contributed by atoms with Crippen molar-refractivity contribution in [3.63, 3.8) is 0 Å². The minimum absolute atomic E-state index is 0.127. The standard InChI is InChI=1S/C19H27N3O2/c1-2-18(23)21-11-5-9-17(14-21)22(19(24)16-7-3-8-16)13-15-6-4-10-20-12-15/h4,6,10,12,16-17H,2-3,5,7-9,11,13-14H2,1H3. The van der Waals surface area contributed by atoms with Crippen LogP contribution in [0, 0.1) is 5.92 Å². The van der Waals surface area contributed by atoms with Crippen molar-refractivity contribution in [2.75, 3.05) is 13.1 Å². The molecule has 5 heteroatoms. The van der Waals surface area contributed by atoms with Gasteiger partial charge in [-0.25, -0.2) is 0 Å². The minimum Gasteiger partial charge on any atom is -0.341 e. The van der Waals surface area contributed by atoms with Crippen molar-refractivity contribution in [3.8, 4) is 0 Å². The Kier molecular flexibility index (Phi) is 5.48. The largest absolute Gasteiger partial charge is 0.341 e. The highest BCUT2D eigenvalue weighted by Crippen LogP contribution is 2.31. The van der Waals surface area contributed by atoms with Crippen LogP contribution in [0.3, 0.4) is 0 Å². The third-order valence-corrected chi connectivity index (χ3v) is 5.31. The number of hydrogen-bond donors (Lipinski definition) is 0. The van der Waals surface area contributed by atoms with E-state index in [0.29, 0.717) is 19.5 Å². The molecule has 1 aliphatic heterocycles. The molecule has 1 saturated carbocycles. The number of hydrogen-bond acceptors (Lipinski definition) is 3. The monoisotopic (exact) mass is 329 g/mol. The Morgan fingerprint density at radius 1 is 1.29 bits per heavy atom. The van der Waals surface area contributed by atoms with Gasteiger partial charge in [0.15, 0.2) is 0 Å². The molecule has 0 spiro atoms. The summed E-state index contributed by atoms with van der Waals surface area (Å²) in [6, 6.07) is 4.06. The zero-order valence-electron chi connectivity index (χ0n) is 14.5. The first kappa shape index (κ1) is 16.9. The Morgan fingerprint density at radius 3 is 2.75 bits per heavy atom. The lowest BCUT2D eigenvalue weighted by atomic mass is 9.83. The van der Waals surface area contributed by atoms with Crippen LogP contribution in [0.15, 0.2) is 24.5 Å². The summed E-state index contributed by atoms with van der Waals surface area (Å²) >= 11 is 0. The van der Waals surface area contributed by atoms with Gasteiger partial charge < -0.3 is 9.80 Å². The van der Waals surface area contributed by atoms with Gasteiger partial charge in [-0.2, -0.15) is 0 Å². The van der Waals surface area contributed by atoms with Crippen LogP contribution in [0.25, 0.3) is 0 Å². The number of likely N-dealkylation sites (tertiary alicyclic amines) is 1. The summed E-state index contributed by atoms with van der Waals surface area (Å²) in [5.74, 6) is 0.636. The van der Waals surface area contributed by atoms with Gasteiger partial charge in [-0.15, -0.1) is 0 Å². The number of carbonyl (C=O) groups is 2. The molecule has 1 unspecified atom stereocenters. The van der Waals surface area contributed by atoms with Gasteiger partial charge in [-0.05, 0) is 37.3 Å². The quantitative estimate of drug-likeness (QED) is 0.834. The van der Waals surface area contributed by atoms with Gasteiger partial charge in [0.25, 0.3) is 0 Å². The molecular formula is C19H27N3O2. The molecule has 0 N–H and O–H groups in total. The maximum absolute atomic E-state index is 13.0. The van der Waals surface area contributed by atoms with Crippen LogP contribution in [0.5, 0.6) is 0 Å². The number of aromatic nitrogens is 1. The van der Waals surface area contributed by atoms with Crippen LogP contribution < -0.4 is 0 Å². The van der Waals surface area contributed by atoms with Gasteiger partial charge in [0, 0.05) is 50.4 Å². The van der Waals surface area contributed by atoms with E-state index in [1.165, 1.54) is 0 Å². The van der Waals surface area contributed by atoms with E-state index in [9.17, 15) is 9.59 Å². The highest BCUT2D eigenvalue weighted by atomic mass is 16.2. The first-order valence-corrected chi connectivity index (χ1v) is 9.16. The van der Waals surface area contributed by atoms with E-state index in [-0.39, 0.29) is 23.8 Å². The number of amides is 2. The molecule has 1 aliphatic carbocycles. The second-order valence-corrected chi connectivity index (χ2v) is 6.94. The van der Waals surface area contributed by atoms with Crippen molar-refractivity contribution in [1.29, 1.82) is 0 Å². The Hall–Kier alpha value is -1.91. The number of piperidine rings is 1. The van der Waals surface area contributed by atoms with Crippen LogP contribution in [0.1, 0.15) is 51.0 Å². The maximum Gasteiger partial charge on any atom is 0.226 e. The molecule has 1 saturated heterocycles. The van der Waals surface area contributed by atoms with Gasteiger partial charge >= 0.3 is 0 Å². The number of pyridine rings is 1. The van der Waals surface area contributed by atoms with Crippen molar-refractivity contribution in [2.45, 2.75) is 58.0 Å². The van der Waals surface area contributed by atoms with Gasteiger partial charge in [0.2, 0.25) is 11.8 Å². The Morgan fingerprint density at radius 2 is 2.12 bits per heavy atom. The second-order valence-electron chi connectivity index (χ2n) is 6.94. The summed E-state index contributed by atoms with van der Waals surface area (Å²) in [7, 11) is 0. The molecule has 1 aromatic rings. The van der Waals surface area contributed by atoms with E-state index in [1.807, 2.05) is 35.1 Å². The minimum atomic E-state index is 0.127. The van der Waals surface area contributed by atoms with Gasteiger partial charge in [0.05, 0.1) is 0 Å². The third-order valence-electron chi connectivity index (χ3n) is 5.31. The van der Waals surface area contributed by atoms with Crippen LogP contribution in [0.4, 0.5) is 0 Å². The molecule has 1 aromatic heterocycles. The van der Waals surface area contributed by atoms with E-state index in [4.69, 9.17) is 0 Å². The second kappa shape index (κ2) is 7.77. The van der Waals surface area contributed by atoms with E-state index >= 15 is 0 Å². The lowest BCUT2D eigenvalue weighted by Gasteiger charge is -2.42. The zero-order chi connectivity index (χ0) is 16.9. The highest BCUT2D eigenvalue weighted by Gasteiger charge is 2.35. The molecule has 1 atom stereocenters. The molecule has 3 rings (SSSR count). The SMILES string of the molecule is CCC(=O)N1CCCC(N(Cc2cccnc2)C(=O)C2CCC2)C1. The predicted molar refractivity (Wildman–Crippen MR) is 92.0 cm³/mol. The number of nitrogens with zero attached hydrogens (tertiary/aromatic N) is 3. The molecule has 2 heterocycles. The number of carbonyl (C=O) groups excluding carboxylic acids is 2. The summed E-state index contributed by atoms with van der Waals surface area (Å²) < 4.78 is 0. The van der Waals surface area contributed by atoms with Crippen LogP contribution in [-0.4, -0.2) is 45.7 Å². The maximum atomic E-state index is 13.0. The topological polar surface area (TPSA) is 53.5 Å². The molecule has 24 heavy (non-hydrogen) atoms. The van der Waals surface area contributed by atoms with Gasteiger partial charge in [-0.3, -0.25) is 14.6 Å². The lowest BCUT2D eigenvalue weighted by molar-refractivity contribution is -0.145. The van der Waals surface area contributed by atoms with E-state index in [1.54, 1.807) is 6.20 Å². The summed E-state index contributed by atoms with van der Waals surface area (Å²) in [5, 5.41) is 0. The van der Waals surface area contributed by atoms with Crippen molar-refractivity contribution >= 4 is 11.8 Å². The average molecular weight is 329 g/mol. The van der Waals surface area contributed by atoms with Crippen LogP contribution >= 0.6 is 0 Å². The molecule has 0 radical (unpaired) electrons.